The van der Waals surface area contributed by atoms with E-state index in [0.29, 0.717) is 19.3 Å². The molecule has 6 heteroatoms. The lowest BCUT2D eigenvalue weighted by molar-refractivity contribution is -0.132. The van der Waals surface area contributed by atoms with Crippen molar-refractivity contribution in [3.63, 3.8) is 0 Å². The summed E-state index contributed by atoms with van der Waals surface area (Å²) in [7, 11) is 0. The molecule has 4 unspecified atom stereocenters. The highest BCUT2D eigenvalue weighted by atomic mass is 16.3. The first kappa shape index (κ1) is 54.8. The molecule has 0 fully saturated rings. The highest BCUT2D eigenvalue weighted by Crippen LogP contribution is 2.17. The number of hydrogen-bond donors (Lipinski definition) is 5. The molecule has 0 aromatic carbocycles. The summed E-state index contributed by atoms with van der Waals surface area (Å²) in [6.45, 7) is 3.98. The smallest absolute Gasteiger partial charge is 0.249 e. The van der Waals surface area contributed by atoms with Gasteiger partial charge in [0.15, 0.2) is 0 Å². The van der Waals surface area contributed by atoms with E-state index in [2.05, 4.69) is 37.4 Å². The van der Waals surface area contributed by atoms with E-state index < -0.39 is 36.9 Å². The maximum Gasteiger partial charge on any atom is 0.249 e. The first-order chi connectivity index (χ1) is 27.5. The number of hydrogen-bond acceptors (Lipinski definition) is 5. The molecular weight excluding hydrogens is 695 g/mol. The van der Waals surface area contributed by atoms with Gasteiger partial charge in [0.1, 0.15) is 12.2 Å². The Balaban J connectivity index is 3.55. The summed E-state index contributed by atoms with van der Waals surface area (Å²) in [5.74, 6) is -0.629. The van der Waals surface area contributed by atoms with E-state index in [9.17, 15) is 25.2 Å². The number of rotatable bonds is 45. The Morgan fingerprint density at radius 1 is 0.429 bits per heavy atom. The summed E-state index contributed by atoms with van der Waals surface area (Å²) in [5, 5.41) is 43.4. The van der Waals surface area contributed by atoms with Gasteiger partial charge in [0.25, 0.3) is 0 Å². The highest BCUT2D eigenvalue weighted by Gasteiger charge is 2.28. The van der Waals surface area contributed by atoms with Gasteiger partial charge in [0.2, 0.25) is 5.91 Å². The van der Waals surface area contributed by atoms with Gasteiger partial charge < -0.3 is 25.7 Å². The molecule has 0 bridgehead atoms. The van der Waals surface area contributed by atoms with Crippen LogP contribution >= 0.6 is 0 Å². The number of amides is 1. The fourth-order valence-corrected chi connectivity index (χ4v) is 7.70. The minimum Gasteiger partial charge on any atom is -0.394 e. The number of aliphatic hydroxyl groups is 4. The Hall–Kier alpha value is -1.21. The van der Waals surface area contributed by atoms with Gasteiger partial charge in [-0.25, -0.2) is 0 Å². The van der Waals surface area contributed by atoms with E-state index >= 15 is 0 Å². The van der Waals surface area contributed by atoms with Crippen molar-refractivity contribution in [3.05, 3.63) is 24.3 Å². The van der Waals surface area contributed by atoms with Crippen LogP contribution in [0.3, 0.4) is 0 Å². The van der Waals surface area contributed by atoms with Crippen LogP contribution < -0.4 is 5.32 Å². The topological polar surface area (TPSA) is 110 Å². The fourth-order valence-electron chi connectivity index (χ4n) is 7.70. The second-order valence-corrected chi connectivity index (χ2v) is 17.2. The summed E-state index contributed by atoms with van der Waals surface area (Å²) in [4.78, 5) is 12.4. The lowest BCUT2D eigenvalue weighted by atomic mass is 10.00. The van der Waals surface area contributed by atoms with Crippen LogP contribution in [-0.2, 0) is 4.79 Å². The van der Waals surface area contributed by atoms with Crippen LogP contribution in [0.1, 0.15) is 258 Å². The summed E-state index contributed by atoms with van der Waals surface area (Å²) in [5.41, 5.74) is 0. The molecule has 5 N–H and O–H groups in total. The second-order valence-electron chi connectivity index (χ2n) is 17.2. The average molecular weight is 792 g/mol. The maximum atomic E-state index is 12.4. The Labute approximate surface area is 348 Å². The summed E-state index contributed by atoms with van der Waals surface area (Å²) in [6.07, 6.45) is 52.9. The number of carbonyl (C=O) groups excluding carboxylic acids is 1. The molecule has 0 spiro atoms. The van der Waals surface area contributed by atoms with E-state index in [1.807, 2.05) is 6.08 Å². The molecule has 0 aromatic heterocycles. The van der Waals surface area contributed by atoms with Gasteiger partial charge >= 0.3 is 0 Å². The van der Waals surface area contributed by atoms with Crippen molar-refractivity contribution in [2.24, 2.45) is 0 Å². The largest absolute Gasteiger partial charge is 0.394 e. The summed E-state index contributed by atoms with van der Waals surface area (Å²) < 4.78 is 0. The van der Waals surface area contributed by atoms with Crippen molar-refractivity contribution in [2.75, 3.05) is 6.61 Å². The molecule has 0 aromatic rings. The summed E-state index contributed by atoms with van der Waals surface area (Å²) in [6, 6.07) is -1.01. The van der Waals surface area contributed by atoms with Crippen LogP contribution in [0.5, 0.6) is 0 Å². The van der Waals surface area contributed by atoms with Gasteiger partial charge in [0.05, 0.1) is 18.8 Å². The fraction of sp³-hybridized carbons (Fsp3) is 0.900. The van der Waals surface area contributed by atoms with E-state index in [1.165, 1.54) is 193 Å². The van der Waals surface area contributed by atoms with Crippen molar-refractivity contribution in [3.8, 4) is 0 Å². The first-order valence-corrected chi connectivity index (χ1v) is 24.7. The van der Waals surface area contributed by atoms with E-state index in [-0.39, 0.29) is 6.42 Å². The molecule has 56 heavy (non-hydrogen) atoms. The molecule has 0 saturated heterocycles. The van der Waals surface area contributed by atoms with Gasteiger partial charge in [0, 0.05) is 0 Å². The van der Waals surface area contributed by atoms with Crippen LogP contribution in [0, 0.1) is 0 Å². The number of aliphatic hydroxyl groups excluding tert-OH is 4. The van der Waals surface area contributed by atoms with Crippen LogP contribution in [0.4, 0.5) is 0 Å². The quantitative estimate of drug-likeness (QED) is 0.0312. The van der Waals surface area contributed by atoms with E-state index in [1.54, 1.807) is 0 Å². The molecule has 0 aliphatic rings. The number of allylic oxidation sites excluding steroid dienone is 4. The third kappa shape index (κ3) is 38.3. The van der Waals surface area contributed by atoms with Crippen molar-refractivity contribution < 1.29 is 25.2 Å². The molecule has 0 radical (unpaired) electrons. The molecule has 0 heterocycles. The maximum absolute atomic E-state index is 12.4. The highest BCUT2D eigenvalue weighted by molar-refractivity contribution is 5.80. The lowest BCUT2D eigenvalue weighted by Crippen LogP contribution is -2.53. The summed E-state index contributed by atoms with van der Waals surface area (Å²) >= 11 is 0. The number of unbranched alkanes of at least 4 members (excludes halogenated alkanes) is 32. The van der Waals surface area contributed by atoms with E-state index in [0.717, 1.165) is 25.7 Å². The number of nitrogens with one attached hydrogen (secondary N) is 1. The Kier molecular flexibility index (Phi) is 43.9. The predicted octanol–water partition coefficient (Wildman–Crippen LogP) is 13.5. The van der Waals surface area contributed by atoms with Gasteiger partial charge in [-0.3, -0.25) is 4.79 Å². The average Bonchev–Trinajstić information content (AvgIpc) is 3.20. The normalized spacial score (nSPS) is 14.2. The molecule has 0 saturated carbocycles. The molecule has 0 aliphatic carbocycles. The minimum atomic E-state index is -1.29. The molecule has 1 amide bonds. The molecule has 0 rings (SSSR count). The monoisotopic (exact) mass is 792 g/mol. The third-order valence-electron chi connectivity index (χ3n) is 11.6. The van der Waals surface area contributed by atoms with Crippen LogP contribution in [-0.4, -0.2) is 57.3 Å². The predicted molar refractivity (Wildman–Crippen MR) is 242 cm³/mol. The van der Waals surface area contributed by atoms with Gasteiger partial charge in [-0.2, -0.15) is 0 Å². The Morgan fingerprint density at radius 2 is 0.732 bits per heavy atom. The zero-order valence-electron chi connectivity index (χ0n) is 37.4. The minimum absolute atomic E-state index is 0.278. The van der Waals surface area contributed by atoms with Gasteiger partial charge in [-0.1, -0.05) is 224 Å². The molecule has 6 nitrogen and oxygen atoms in total. The van der Waals surface area contributed by atoms with Crippen LogP contribution in [0.15, 0.2) is 24.3 Å². The van der Waals surface area contributed by atoms with Gasteiger partial charge in [-0.05, 0) is 57.8 Å². The SMILES string of the molecule is CCCCCC/C=C\CCC(O)C(=O)NC(CO)C(O)C(O)CCC/C=C/CCCCCCCCCCCCCCCCCCCCCCCCCCCCC. The van der Waals surface area contributed by atoms with Crippen molar-refractivity contribution in [1.82, 2.24) is 5.32 Å². The van der Waals surface area contributed by atoms with Crippen LogP contribution in [0.25, 0.3) is 0 Å². The lowest BCUT2D eigenvalue weighted by Gasteiger charge is -2.27. The Morgan fingerprint density at radius 3 is 1.09 bits per heavy atom. The molecular formula is C50H97NO5. The third-order valence-corrected chi connectivity index (χ3v) is 11.6. The second kappa shape index (κ2) is 44.9. The molecule has 4 atom stereocenters. The zero-order chi connectivity index (χ0) is 41.0. The van der Waals surface area contributed by atoms with Gasteiger partial charge in [-0.15, -0.1) is 0 Å². The first-order valence-electron chi connectivity index (χ1n) is 24.7. The van der Waals surface area contributed by atoms with E-state index in [4.69, 9.17) is 0 Å². The standard InChI is InChI=1S/C50H97NO5/c1-3-5-7-9-11-13-14-15-16-17-18-19-20-21-22-23-24-25-26-27-28-29-30-31-32-33-34-35-36-38-39-41-43-47(53)49(55)46(45-52)51-50(56)48(54)44-42-40-37-12-10-8-6-4-2/h36-38,40,46-49,52-55H,3-35,39,41-45H2,1-2H3,(H,51,56)/b38-36+,40-37-. The zero-order valence-corrected chi connectivity index (χ0v) is 37.4. The Bertz CT molecular complexity index is 847. The van der Waals surface area contributed by atoms with Crippen molar-refractivity contribution >= 4 is 5.91 Å². The molecule has 0 aliphatic heterocycles. The number of carbonyl (C=O) groups is 1. The van der Waals surface area contributed by atoms with Crippen molar-refractivity contribution in [1.29, 1.82) is 0 Å². The van der Waals surface area contributed by atoms with Crippen molar-refractivity contribution in [2.45, 2.75) is 282 Å². The van der Waals surface area contributed by atoms with Crippen LogP contribution in [0.2, 0.25) is 0 Å². The molecule has 332 valence electrons.